The molecule has 1 fully saturated rings. The number of carbonyl (C=O) groups is 1. The molecule has 1 saturated heterocycles. The number of hydrogen-bond acceptors (Lipinski definition) is 7. The first-order valence-corrected chi connectivity index (χ1v) is 11.7. The topological polar surface area (TPSA) is 113 Å². The number of piperidine rings is 1. The van der Waals surface area contributed by atoms with Crippen molar-refractivity contribution in [1.82, 2.24) is 9.88 Å². The zero-order valence-corrected chi connectivity index (χ0v) is 20.8. The van der Waals surface area contributed by atoms with Crippen LogP contribution in [0.15, 0.2) is 24.3 Å². The minimum atomic E-state index is -0.466. The molecule has 34 heavy (non-hydrogen) atoms. The van der Waals surface area contributed by atoms with Gasteiger partial charge < -0.3 is 25.4 Å². The second-order valence-electron chi connectivity index (χ2n) is 9.71. The molecule has 0 atom stereocenters. The van der Waals surface area contributed by atoms with Crippen LogP contribution in [0.4, 0.5) is 16.2 Å². The third-order valence-corrected chi connectivity index (χ3v) is 5.95. The first-order chi connectivity index (χ1) is 16.1. The van der Waals surface area contributed by atoms with Gasteiger partial charge in [-0.05, 0) is 82.7 Å². The molecule has 3 N–H and O–H groups in total. The van der Waals surface area contributed by atoms with Gasteiger partial charge >= 0.3 is 6.09 Å². The van der Waals surface area contributed by atoms with Crippen molar-refractivity contribution < 1.29 is 14.3 Å². The molecular weight excluding hydrogens is 430 g/mol. The molecule has 1 amide bonds. The molecule has 8 nitrogen and oxygen atoms in total. The molecular formula is C26H35N5O3. The smallest absolute Gasteiger partial charge is 0.410 e. The van der Waals surface area contributed by atoms with Crippen LogP contribution in [0.5, 0.6) is 5.75 Å². The van der Waals surface area contributed by atoms with Crippen LogP contribution in [0.25, 0.3) is 11.3 Å². The second-order valence-corrected chi connectivity index (χ2v) is 9.71. The fourth-order valence-electron chi connectivity index (χ4n) is 4.03. The van der Waals surface area contributed by atoms with Crippen molar-refractivity contribution in [3.63, 3.8) is 0 Å². The number of benzene rings is 1. The quantitative estimate of drug-likeness (QED) is 0.619. The largest absolute Gasteiger partial charge is 0.493 e. The second kappa shape index (κ2) is 10.6. The van der Waals surface area contributed by atoms with Gasteiger partial charge in [0.1, 0.15) is 17.4 Å². The highest BCUT2D eigenvalue weighted by Crippen LogP contribution is 2.31. The fraction of sp³-hybridized carbons (Fsp3) is 0.500. The number of rotatable bonds is 6. The Hall–Kier alpha value is -3.47. The van der Waals surface area contributed by atoms with E-state index in [9.17, 15) is 10.1 Å². The number of amides is 1. The van der Waals surface area contributed by atoms with Crippen molar-refractivity contribution in [2.75, 3.05) is 37.8 Å². The van der Waals surface area contributed by atoms with Crippen molar-refractivity contribution in [2.24, 2.45) is 5.92 Å². The predicted molar refractivity (Wildman–Crippen MR) is 134 cm³/mol. The zero-order chi connectivity index (χ0) is 24.9. The SMILES string of the molecule is CNc1cc(-c2ccc(OCCC3CCN(C(=O)OC(C)(C)C)CC3)c(C)c2)nc(C#N)c1N. The Kier molecular flexibility index (Phi) is 7.87. The number of pyridine rings is 1. The van der Waals surface area contributed by atoms with Gasteiger partial charge in [-0.3, -0.25) is 0 Å². The molecule has 1 aliphatic heterocycles. The van der Waals surface area contributed by atoms with E-state index >= 15 is 0 Å². The maximum absolute atomic E-state index is 12.2. The lowest BCUT2D eigenvalue weighted by molar-refractivity contribution is 0.0177. The first kappa shape index (κ1) is 25.2. The summed E-state index contributed by atoms with van der Waals surface area (Å²) in [6.45, 7) is 9.73. The molecule has 0 bridgehead atoms. The van der Waals surface area contributed by atoms with Crippen molar-refractivity contribution >= 4 is 17.5 Å². The van der Waals surface area contributed by atoms with E-state index in [0.29, 0.717) is 29.6 Å². The highest BCUT2D eigenvalue weighted by atomic mass is 16.6. The molecule has 8 heteroatoms. The van der Waals surface area contributed by atoms with Gasteiger partial charge in [0.05, 0.1) is 23.7 Å². The van der Waals surface area contributed by atoms with Gasteiger partial charge in [-0.15, -0.1) is 0 Å². The van der Waals surface area contributed by atoms with E-state index in [1.165, 1.54) is 0 Å². The molecule has 0 saturated carbocycles. The lowest BCUT2D eigenvalue weighted by Gasteiger charge is -2.33. The molecule has 3 rings (SSSR count). The van der Waals surface area contributed by atoms with Gasteiger partial charge in [0.15, 0.2) is 5.69 Å². The maximum Gasteiger partial charge on any atom is 0.410 e. The Labute approximate surface area is 202 Å². The highest BCUT2D eigenvalue weighted by molar-refractivity contribution is 5.77. The van der Waals surface area contributed by atoms with Crippen molar-refractivity contribution in [3.05, 3.63) is 35.5 Å². The Morgan fingerprint density at radius 2 is 2.00 bits per heavy atom. The minimum absolute atomic E-state index is 0.206. The number of likely N-dealkylation sites (tertiary alicyclic amines) is 1. The third-order valence-electron chi connectivity index (χ3n) is 5.95. The molecule has 1 aromatic carbocycles. The summed E-state index contributed by atoms with van der Waals surface area (Å²) in [6, 6.07) is 9.79. The van der Waals surface area contributed by atoms with Crippen molar-refractivity contribution in [1.29, 1.82) is 5.26 Å². The average Bonchev–Trinajstić information content (AvgIpc) is 2.79. The lowest BCUT2D eigenvalue weighted by atomic mass is 9.94. The number of nitriles is 1. The van der Waals surface area contributed by atoms with E-state index in [4.69, 9.17) is 15.2 Å². The van der Waals surface area contributed by atoms with Crippen LogP contribution in [0.2, 0.25) is 0 Å². The van der Waals surface area contributed by atoms with Gasteiger partial charge in [-0.25, -0.2) is 9.78 Å². The Balaban J connectivity index is 1.54. The highest BCUT2D eigenvalue weighted by Gasteiger charge is 2.26. The van der Waals surface area contributed by atoms with Crippen LogP contribution in [0, 0.1) is 24.2 Å². The molecule has 0 spiro atoms. The van der Waals surface area contributed by atoms with Gasteiger partial charge in [-0.1, -0.05) is 0 Å². The molecule has 1 aromatic heterocycles. The molecule has 2 heterocycles. The van der Waals surface area contributed by atoms with Crippen LogP contribution in [0.3, 0.4) is 0 Å². The monoisotopic (exact) mass is 465 g/mol. The number of nitrogens with two attached hydrogens (primary N) is 1. The van der Waals surface area contributed by atoms with Crippen LogP contribution in [-0.2, 0) is 4.74 Å². The number of nitrogens with one attached hydrogen (secondary N) is 1. The number of anilines is 2. The first-order valence-electron chi connectivity index (χ1n) is 11.7. The standard InChI is InChI=1S/C26H35N5O3/c1-17-14-19(20-15-21(29-5)24(28)22(16-27)30-20)6-7-23(17)33-13-10-18-8-11-31(12-9-18)25(32)34-26(2,3)4/h6-7,14-15,18H,8-13,28H2,1-5H3,(H,29,30). The number of ether oxygens (including phenoxy) is 2. The Morgan fingerprint density at radius 3 is 2.59 bits per heavy atom. The summed E-state index contributed by atoms with van der Waals surface area (Å²) in [7, 11) is 1.76. The Morgan fingerprint density at radius 1 is 1.29 bits per heavy atom. The number of aryl methyl sites for hydroxylation is 1. The van der Waals surface area contributed by atoms with E-state index in [-0.39, 0.29) is 11.8 Å². The number of carbonyl (C=O) groups excluding carboxylic acids is 1. The average molecular weight is 466 g/mol. The number of nitrogen functional groups attached to an aromatic ring is 1. The lowest BCUT2D eigenvalue weighted by Crippen LogP contribution is -2.41. The molecule has 0 radical (unpaired) electrons. The predicted octanol–water partition coefficient (Wildman–Crippen LogP) is 4.97. The normalized spacial score (nSPS) is 14.4. The minimum Gasteiger partial charge on any atom is -0.493 e. The molecule has 182 valence electrons. The van der Waals surface area contributed by atoms with Gasteiger partial charge in [-0.2, -0.15) is 5.26 Å². The fourth-order valence-corrected chi connectivity index (χ4v) is 4.03. The Bertz CT molecular complexity index is 1060. The number of hydrogen-bond donors (Lipinski definition) is 2. The van der Waals surface area contributed by atoms with Crippen LogP contribution >= 0.6 is 0 Å². The summed E-state index contributed by atoms with van der Waals surface area (Å²) in [5, 5.41) is 12.3. The van der Waals surface area contributed by atoms with E-state index in [0.717, 1.165) is 49.2 Å². The van der Waals surface area contributed by atoms with Crippen LogP contribution in [0.1, 0.15) is 51.3 Å². The molecule has 0 unspecified atom stereocenters. The van der Waals surface area contributed by atoms with Crippen LogP contribution < -0.4 is 15.8 Å². The van der Waals surface area contributed by atoms with E-state index in [1.54, 1.807) is 11.9 Å². The van der Waals surface area contributed by atoms with E-state index in [1.807, 2.05) is 52.0 Å². The summed E-state index contributed by atoms with van der Waals surface area (Å²) in [5.74, 6) is 1.36. The zero-order valence-electron chi connectivity index (χ0n) is 20.8. The van der Waals surface area contributed by atoms with Gasteiger partial charge in [0.2, 0.25) is 0 Å². The number of nitrogens with zero attached hydrogens (tertiary/aromatic N) is 3. The van der Waals surface area contributed by atoms with Crippen LogP contribution in [-0.4, -0.2) is 48.3 Å². The van der Waals surface area contributed by atoms with Crippen molar-refractivity contribution in [3.8, 4) is 23.1 Å². The summed E-state index contributed by atoms with van der Waals surface area (Å²) < 4.78 is 11.5. The summed E-state index contributed by atoms with van der Waals surface area (Å²) in [5.41, 5.74) is 9.32. The van der Waals surface area contributed by atoms with E-state index < -0.39 is 5.60 Å². The molecule has 2 aromatic rings. The van der Waals surface area contributed by atoms with E-state index in [2.05, 4.69) is 16.4 Å². The molecule has 1 aliphatic rings. The molecule has 0 aliphatic carbocycles. The van der Waals surface area contributed by atoms with Crippen molar-refractivity contribution in [2.45, 2.75) is 52.6 Å². The third kappa shape index (κ3) is 6.31. The summed E-state index contributed by atoms with van der Waals surface area (Å²) >= 11 is 0. The number of aromatic nitrogens is 1. The summed E-state index contributed by atoms with van der Waals surface area (Å²) in [4.78, 5) is 18.4. The van der Waals surface area contributed by atoms with Gasteiger partial charge in [0.25, 0.3) is 0 Å². The maximum atomic E-state index is 12.2. The van der Waals surface area contributed by atoms with Gasteiger partial charge in [0, 0.05) is 25.7 Å². The summed E-state index contributed by atoms with van der Waals surface area (Å²) in [6.07, 6.45) is 2.63.